The van der Waals surface area contributed by atoms with Gasteiger partial charge < -0.3 is 155 Å². The standard InChI is InChI=1S/C89H134N28O24S/c1-44(2)30-57(109-76(128)47(6)104-79(131)61(34-66(92)121)113-80(132)58(31-49-18-9-8-10-19-49)111-78(130)55(26-27-65(91)120)106-81(133)59(32-50-36-98-53-21-12-11-20-52(50)53)112-82(134)60(33-51-37-95-43-102-51)110-75(127)46(5)103-68(123)35-90)83(135)116-73(48(7)119)86(138)115-72(45(3)4)85(137)107-54(23-17-29-97-88(93)94)77(129)101-39-70(125)99-38-69(124)100-40-71(126)105-62(41-118)84(136)108-56(87(139)140)22-15-16-28-96-67(122)25-14-13-24-64-74-63(42-142-64)114-89(141)117-74/h8-12,18-21,36-37,43-48,54-64,72-74,98,118-119H,13-17,22-35,38-42,90H2,1-7H3,(H2,91,120)(H2,92,121)(H,95,102)(H,96,122)(H,99,125)(H,100,124)(H,101,129)(H,103,123)(H,104,131)(H,105,126)(H,106,133)(H,107,137)(H,108,136)(H,109,128)(H,110,127)(H,111,130)(H,112,134)(H,113,132)(H,115,138)(H,116,135)(H,139,140)(H4,93,94,97)(H2,114,117,141)/t46-,47-,48+,54-,55-,56-,57-,58-,59-,60-,61-,62-,63-,64-,72-,73-,74-/m0/s1. The number of nitrogens with one attached hydrogen (secondary N) is 23. The molecule has 780 valence electrons. The highest BCUT2D eigenvalue weighted by molar-refractivity contribution is 8.00. The van der Waals surface area contributed by atoms with E-state index in [9.17, 15) is 116 Å². The number of nitrogens with two attached hydrogens (primary N) is 4. The largest absolute Gasteiger partial charge is 0.480 e. The van der Waals surface area contributed by atoms with Crippen LogP contribution in [0.3, 0.4) is 0 Å². The number of H-pyrrole nitrogens is 2. The van der Waals surface area contributed by atoms with E-state index >= 15 is 0 Å². The van der Waals surface area contributed by atoms with Gasteiger partial charge in [0.25, 0.3) is 0 Å². The van der Waals surface area contributed by atoms with Gasteiger partial charge in [0.05, 0.1) is 69.4 Å². The van der Waals surface area contributed by atoms with E-state index in [1.165, 1.54) is 33.3 Å². The van der Waals surface area contributed by atoms with E-state index < -0.39 is 267 Å². The summed E-state index contributed by atoms with van der Waals surface area (Å²) in [5.74, 6) is -20.7. The molecule has 53 heteroatoms. The van der Waals surface area contributed by atoms with Crippen molar-refractivity contribution in [2.24, 2.45) is 34.8 Å². The number of guanidine groups is 1. The van der Waals surface area contributed by atoms with Crippen LogP contribution in [-0.2, 0) is 115 Å². The predicted molar refractivity (Wildman–Crippen MR) is 512 cm³/mol. The van der Waals surface area contributed by atoms with Crippen LogP contribution in [0.1, 0.15) is 149 Å². The van der Waals surface area contributed by atoms with Crippen molar-refractivity contribution >= 4 is 153 Å². The van der Waals surface area contributed by atoms with Crippen molar-refractivity contribution < 1.29 is 116 Å². The average Bonchev–Trinajstić information content (AvgIpc) is 1.66. The zero-order valence-corrected chi connectivity index (χ0v) is 80.8. The van der Waals surface area contributed by atoms with Crippen molar-refractivity contribution in [2.75, 3.05) is 51.6 Å². The number of benzene rings is 2. The van der Waals surface area contributed by atoms with E-state index in [-0.39, 0.29) is 100 Å². The van der Waals surface area contributed by atoms with Crippen molar-refractivity contribution in [3.63, 3.8) is 0 Å². The number of aliphatic hydroxyl groups excluding tert-OH is 2. The smallest absolute Gasteiger partial charge is 0.326 e. The van der Waals surface area contributed by atoms with Gasteiger partial charge in [-0.2, -0.15) is 11.8 Å². The summed E-state index contributed by atoms with van der Waals surface area (Å²) in [5.41, 5.74) is 23.9. The maximum atomic E-state index is 14.9. The van der Waals surface area contributed by atoms with Gasteiger partial charge in [-0.15, -0.1) is 0 Å². The van der Waals surface area contributed by atoms with Gasteiger partial charge >= 0.3 is 12.0 Å². The number of hydrogen-bond donors (Lipinski definition) is 30. The Bertz CT molecular complexity index is 5050. The Morgan fingerprint density at radius 1 is 0.479 bits per heavy atom. The van der Waals surface area contributed by atoms with Crippen LogP contribution in [0.2, 0.25) is 0 Å². The van der Waals surface area contributed by atoms with Gasteiger partial charge in [0.1, 0.15) is 78.5 Å². The van der Waals surface area contributed by atoms with Crippen molar-refractivity contribution in [1.29, 1.82) is 5.41 Å². The molecule has 2 saturated heterocycles. The van der Waals surface area contributed by atoms with Crippen LogP contribution in [0, 0.1) is 17.2 Å². The lowest BCUT2D eigenvalue weighted by molar-refractivity contribution is -0.142. The summed E-state index contributed by atoms with van der Waals surface area (Å²) in [6.07, 6.45) is 2.54. The molecule has 2 aliphatic rings. The summed E-state index contributed by atoms with van der Waals surface area (Å²) in [7, 11) is 0. The van der Waals surface area contributed by atoms with Gasteiger partial charge in [-0.1, -0.05) is 82.6 Å². The Labute approximate surface area is 821 Å². The summed E-state index contributed by atoms with van der Waals surface area (Å²) in [6.45, 7) is 6.34. The van der Waals surface area contributed by atoms with Crippen LogP contribution < -0.4 is 129 Å². The van der Waals surface area contributed by atoms with Crippen molar-refractivity contribution in [3.05, 3.63) is 90.1 Å². The molecule has 2 aliphatic heterocycles. The fourth-order valence-corrected chi connectivity index (χ4v) is 16.6. The van der Waals surface area contributed by atoms with Gasteiger partial charge in [0.2, 0.25) is 112 Å². The molecular weight excluding hydrogens is 1880 g/mol. The average molecular weight is 2010 g/mol. The molecule has 21 amide bonds. The number of carbonyl (C=O) groups is 21. The first kappa shape index (κ1) is 116. The number of carbonyl (C=O) groups excluding carboxylic acids is 20. The van der Waals surface area contributed by atoms with Crippen LogP contribution in [0.5, 0.6) is 0 Å². The van der Waals surface area contributed by atoms with Crippen molar-refractivity contribution in [2.45, 2.75) is 253 Å². The first-order chi connectivity index (χ1) is 67.3. The van der Waals surface area contributed by atoms with Gasteiger partial charge in [0.15, 0.2) is 5.96 Å². The quantitative estimate of drug-likeness (QED) is 0.00845. The molecular formula is C89H134N28O24S. The normalized spacial score (nSPS) is 16.5. The maximum absolute atomic E-state index is 14.9. The SMILES string of the molecule is CC(C)C[C@H](NC(=O)[C@H](C)NC(=O)[C@H](CC(N)=O)NC(=O)[C@H](Cc1ccccc1)NC(=O)[C@H](CCC(N)=O)NC(=O)[C@H](Cc1c[nH]c2ccccc12)NC(=O)[C@H](Cc1c[nH]cn1)NC(=O)[C@H](C)NC(=O)CN)C(=O)N[C@H](C(=O)N[C@H](C(=O)N[C@@H](CCCNC(=N)N)C(=O)NCC(=O)NCC(=O)NCC(=O)N[C@@H](CO)C(=O)N[C@@H](CCCCNC(=O)CCCC[C@@H]1SC[C@@H]2NC(=O)N[C@@H]21)C(=O)O)C(C)C)[C@@H](C)O. The highest BCUT2D eigenvalue weighted by Crippen LogP contribution is 2.33. The predicted octanol–water partition coefficient (Wildman–Crippen LogP) is -8.86. The minimum absolute atomic E-state index is 0.00212. The number of hydrogen-bond acceptors (Lipinski definition) is 27. The molecule has 0 aliphatic carbocycles. The van der Waals surface area contributed by atoms with E-state index in [4.69, 9.17) is 28.3 Å². The minimum Gasteiger partial charge on any atom is -0.480 e. The monoisotopic (exact) mass is 2010 g/mol. The van der Waals surface area contributed by atoms with E-state index in [1.54, 1.807) is 86.4 Å². The number of aromatic nitrogens is 3. The molecule has 34 N–H and O–H groups in total. The van der Waals surface area contributed by atoms with E-state index in [0.29, 0.717) is 40.6 Å². The zero-order chi connectivity index (χ0) is 105. The summed E-state index contributed by atoms with van der Waals surface area (Å²) in [4.78, 5) is 293. The second-order valence-corrected chi connectivity index (χ2v) is 36.4. The first-order valence-corrected chi connectivity index (χ1v) is 47.5. The molecule has 2 aromatic carbocycles. The van der Waals surface area contributed by atoms with Crippen LogP contribution in [0.25, 0.3) is 10.9 Å². The second-order valence-electron chi connectivity index (χ2n) is 35.1. The van der Waals surface area contributed by atoms with E-state index in [0.717, 1.165) is 32.4 Å². The molecule has 0 spiro atoms. The molecule has 142 heavy (non-hydrogen) atoms. The van der Waals surface area contributed by atoms with E-state index in [1.807, 2.05) is 0 Å². The van der Waals surface area contributed by atoms with Gasteiger partial charge in [-0.25, -0.2) is 14.6 Å². The number of unbranched alkanes of at least 4 members (excludes halogenated alkanes) is 2. The number of urea groups is 1. The third-order valence-electron chi connectivity index (χ3n) is 22.7. The minimum atomic E-state index is -1.92. The molecule has 4 heterocycles. The number of fused-ring (bicyclic) bond motifs is 2. The van der Waals surface area contributed by atoms with Crippen LogP contribution >= 0.6 is 11.8 Å². The molecule has 52 nitrogen and oxygen atoms in total. The Balaban J connectivity index is 1.04. The summed E-state index contributed by atoms with van der Waals surface area (Å²) < 4.78 is 0. The summed E-state index contributed by atoms with van der Waals surface area (Å²) >= 11 is 1.78. The highest BCUT2D eigenvalue weighted by Gasteiger charge is 2.44. The zero-order valence-electron chi connectivity index (χ0n) is 79.9. The third kappa shape index (κ3) is 40.3. The van der Waals surface area contributed by atoms with Crippen molar-refractivity contribution in [3.8, 4) is 0 Å². The number of nitrogens with zero attached hydrogens (tertiary/aromatic N) is 1. The lowest BCUT2D eigenvalue weighted by atomic mass is 10.00. The summed E-state index contributed by atoms with van der Waals surface area (Å²) in [5, 5.41) is 89.0. The number of carboxylic acids is 1. The maximum Gasteiger partial charge on any atom is 0.326 e. The molecule has 0 radical (unpaired) electrons. The lowest BCUT2D eigenvalue weighted by Gasteiger charge is -2.29. The van der Waals surface area contributed by atoms with Crippen LogP contribution in [-0.4, -0.2) is 314 Å². The number of thioether (sulfide) groups is 1. The Kier molecular flexibility index (Phi) is 48.3. The molecule has 6 rings (SSSR count). The third-order valence-corrected chi connectivity index (χ3v) is 24.2. The fourth-order valence-electron chi connectivity index (χ4n) is 15.0. The summed E-state index contributed by atoms with van der Waals surface area (Å²) in [6, 6.07) is -5.89. The Hall–Kier alpha value is -14.6. The molecule has 2 aromatic heterocycles. The Morgan fingerprint density at radius 3 is 1.63 bits per heavy atom. The van der Waals surface area contributed by atoms with Crippen LogP contribution in [0.4, 0.5) is 4.79 Å². The number of imidazole rings is 1. The number of aromatic amines is 2. The second kappa shape index (κ2) is 59.1. The molecule has 17 atom stereocenters. The van der Waals surface area contributed by atoms with E-state index in [2.05, 4.69) is 121 Å². The highest BCUT2D eigenvalue weighted by atomic mass is 32.2. The number of carboxylic acid groups (broad SMARTS) is 1. The van der Waals surface area contributed by atoms with Gasteiger partial charge in [0, 0.05) is 79.5 Å². The van der Waals surface area contributed by atoms with Gasteiger partial charge in [-0.3, -0.25) is 96.5 Å². The topological polar surface area (TPSA) is 832 Å². The number of aliphatic hydroxyl groups is 2. The molecule has 2 fully saturated rings. The molecule has 4 aromatic rings. The number of rotatable bonds is 63. The lowest BCUT2D eigenvalue weighted by Crippen LogP contribution is -2.62. The Morgan fingerprint density at radius 2 is 1.01 bits per heavy atom. The molecule has 0 saturated carbocycles. The molecule has 0 bridgehead atoms. The van der Waals surface area contributed by atoms with Gasteiger partial charge in [-0.05, 0) is 108 Å². The number of amides is 21. The number of para-hydroxylation sites is 1. The first-order valence-electron chi connectivity index (χ1n) is 46.5. The van der Waals surface area contributed by atoms with Crippen LogP contribution in [0.15, 0.2) is 73.3 Å². The number of primary amides is 2. The fraction of sp³-hybridized carbons (Fsp3) is 0.562. The molecule has 0 unspecified atom stereocenters. The van der Waals surface area contributed by atoms with Crippen molar-refractivity contribution in [1.82, 2.24) is 121 Å². The number of aliphatic carboxylic acids is 1.